The molecule has 1 atom stereocenters. The SMILES string of the molecule is NC1CCCc2nc(-c3ccc(C(F)(F)F)cc3)nn21. The van der Waals surface area contributed by atoms with Gasteiger partial charge in [-0.2, -0.15) is 13.2 Å². The molecule has 2 heterocycles. The number of alkyl halides is 3. The molecule has 1 aromatic heterocycles. The minimum atomic E-state index is -4.33. The fourth-order valence-electron chi connectivity index (χ4n) is 2.31. The summed E-state index contributed by atoms with van der Waals surface area (Å²) >= 11 is 0. The van der Waals surface area contributed by atoms with Crippen molar-refractivity contribution < 1.29 is 13.2 Å². The summed E-state index contributed by atoms with van der Waals surface area (Å²) in [4.78, 5) is 4.35. The standard InChI is InChI=1S/C13H13F3N4/c14-13(15,16)9-6-4-8(5-7-9)12-18-11-3-1-2-10(17)20(11)19-12/h4-7,10H,1-3,17H2. The van der Waals surface area contributed by atoms with Crippen molar-refractivity contribution in [2.75, 3.05) is 0 Å². The normalized spacial score (nSPS) is 18.9. The van der Waals surface area contributed by atoms with Crippen molar-refractivity contribution in [1.29, 1.82) is 0 Å². The van der Waals surface area contributed by atoms with E-state index in [-0.39, 0.29) is 6.17 Å². The minimum absolute atomic E-state index is 0.200. The molecule has 3 rings (SSSR count). The molecule has 0 radical (unpaired) electrons. The van der Waals surface area contributed by atoms with Gasteiger partial charge in [-0.25, -0.2) is 9.67 Å². The van der Waals surface area contributed by atoms with Crippen molar-refractivity contribution in [2.24, 2.45) is 5.73 Å². The number of nitrogens with zero attached hydrogens (tertiary/aromatic N) is 3. The van der Waals surface area contributed by atoms with E-state index in [0.29, 0.717) is 11.4 Å². The van der Waals surface area contributed by atoms with Gasteiger partial charge in [-0.15, -0.1) is 5.10 Å². The second-order valence-corrected chi connectivity index (χ2v) is 4.83. The lowest BCUT2D eigenvalue weighted by Crippen LogP contribution is -2.25. The van der Waals surface area contributed by atoms with Crippen molar-refractivity contribution in [3.05, 3.63) is 35.7 Å². The van der Waals surface area contributed by atoms with E-state index >= 15 is 0 Å². The Morgan fingerprint density at radius 2 is 1.90 bits per heavy atom. The van der Waals surface area contributed by atoms with Crippen molar-refractivity contribution >= 4 is 0 Å². The molecule has 7 heteroatoms. The van der Waals surface area contributed by atoms with Gasteiger partial charge in [0.25, 0.3) is 0 Å². The van der Waals surface area contributed by atoms with Crippen molar-refractivity contribution in [2.45, 2.75) is 31.6 Å². The third-order valence-corrected chi connectivity index (χ3v) is 3.39. The molecule has 1 aromatic carbocycles. The van der Waals surface area contributed by atoms with Gasteiger partial charge in [0.15, 0.2) is 5.82 Å². The van der Waals surface area contributed by atoms with E-state index in [2.05, 4.69) is 10.1 Å². The monoisotopic (exact) mass is 282 g/mol. The summed E-state index contributed by atoms with van der Waals surface area (Å²) in [5.74, 6) is 1.21. The Bertz CT molecular complexity index is 616. The lowest BCUT2D eigenvalue weighted by molar-refractivity contribution is -0.137. The highest BCUT2D eigenvalue weighted by Gasteiger charge is 2.30. The van der Waals surface area contributed by atoms with Crippen LogP contribution < -0.4 is 5.73 Å². The second-order valence-electron chi connectivity index (χ2n) is 4.83. The third kappa shape index (κ3) is 2.29. The van der Waals surface area contributed by atoms with Gasteiger partial charge < -0.3 is 5.73 Å². The summed E-state index contributed by atoms with van der Waals surface area (Å²) in [5, 5.41) is 4.29. The van der Waals surface area contributed by atoms with Crippen LogP contribution in [0.1, 0.15) is 30.4 Å². The van der Waals surface area contributed by atoms with E-state index < -0.39 is 11.7 Å². The first kappa shape index (κ1) is 13.1. The van der Waals surface area contributed by atoms with Gasteiger partial charge >= 0.3 is 6.18 Å². The topological polar surface area (TPSA) is 56.7 Å². The van der Waals surface area contributed by atoms with E-state index in [1.165, 1.54) is 12.1 Å². The zero-order chi connectivity index (χ0) is 14.3. The molecule has 1 aliphatic rings. The van der Waals surface area contributed by atoms with E-state index in [1.54, 1.807) is 4.68 Å². The van der Waals surface area contributed by atoms with Gasteiger partial charge in [0, 0.05) is 12.0 Å². The van der Waals surface area contributed by atoms with Crippen LogP contribution in [-0.4, -0.2) is 14.8 Å². The maximum atomic E-state index is 12.5. The fourth-order valence-corrected chi connectivity index (χ4v) is 2.31. The Balaban J connectivity index is 1.94. The number of nitrogens with two attached hydrogens (primary N) is 1. The summed E-state index contributed by atoms with van der Waals surface area (Å²) in [6.45, 7) is 0. The molecule has 0 amide bonds. The lowest BCUT2D eigenvalue weighted by atomic mass is 10.1. The molecule has 20 heavy (non-hydrogen) atoms. The van der Waals surface area contributed by atoms with Crippen LogP contribution >= 0.6 is 0 Å². The zero-order valence-electron chi connectivity index (χ0n) is 10.6. The molecule has 4 nitrogen and oxygen atoms in total. The van der Waals surface area contributed by atoms with E-state index in [9.17, 15) is 13.2 Å². The van der Waals surface area contributed by atoms with Gasteiger partial charge in [-0.3, -0.25) is 0 Å². The first-order valence-electron chi connectivity index (χ1n) is 6.34. The molecule has 0 fully saturated rings. The van der Waals surface area contributed by atoms with E-state index in [1.807, 2.05) is 0 Å². The largest absolute Gasteiger partial charge is 0.416 e. The van der Waals surface area contributed by atoms with Crippen molar-refractivity contribution in [3.63, 3.8) is 0 Å². The third-order valence-electron chi connectivity index (χ3n) is 3.39. The highest BCUT2D eigenvalue weighted by atomic mass is 19.4. The van der Waals surface area contributed by atoms with Crippen LogP contribution in [0.4, 0.5) is 13.2 Å². The van der Waals surface area contributed by atoms with Crippen LogP contribution in [0, 0.1) is 0 Å². The quantitative estimate of drug-likeness (QED) is 0.875. The first-order chi connectivity index (χ1) is 9.45. The smallest absolute Gasteiger partial charge is 0.310 e. The van der Waals surface area contributed by atoms with Crippen LogP contribution in [0.5, 0.6) is 0 Å². The summed E-state index contributed by atoms with van der Waals surface area (Å²) in [5.41, 5.74) is 5.81. The first-order valence-corrected chi connectivity index (χ1v) is 6.34. The molecular formula is C13H13F3N4. The van der Waals surface area contributed by atoms with Gasteiger partial charge in [-0.1, -0.05) is 12.1 Å². The Labute approximate surface area is 113 Å². The number of benzene rings is 1. The highest BCUT2D eigenvalue weighted by molar-refractivity contribution is 5.55. The Morgan fingerprint density at radius 3 is 2.50 bits per heavy atom. The van der Waals surface area contributed by atoms with E-state index in [0.717, 1.165) is 37.2 Å². The minimum Gasteiger partial charge on any atom is -0.310 e. The van der Waals surface area contributed by atoms with Crippen LogP contribution in [0.15, 0.2) is 24.3 Å². The number of hydrogen-bond acceptors (Lipinski definition) is 3. The molecule has 106 valence electrons. The predicted octanol–water partition coefficient (Wildman–Crippen LogP) is 2.76. The van der Waals surface area contributed by atoms with Crippen LogP contribution in [0.3, 0.4) is 0 Å². The molecule has 0 saturated heterocycles. The van der Waals surface area contributed by atoms with Crippen LogP contribution in [0.2, 0.25) is 0 Å². The number of halogens is 3. The molecule has 1 unspecified atom stereocenters. The molecule has 0 aliphatic carbocycles. The molecule has 0 saturated carbocycles. The maximum absolute atomic E-state index is 12.5. The van der Waals surface area contributed by atoms with Gasteiger partial charge in [0.2, 0.25) is 0 Å². The molecule has 2 aromatic rings. The number of rotatable bonds is 1. The number of fused-ring (bicyclic) bond motifs is 1. The van der Waals surface area contributed by atoms with Crippen LogP contribution in [-0.2, 0) is 12.6 Å². The predicted molar refractivity (Wildman–Crippen MR) is 66.6 cm³/mol. The average molecular weight is 282 g/mol. The van der Waals surface area contributed by atoms with Gasteiger partial charge in [-0.05, 0) is 25.0 Å². The Hall–Kier alpha value is -1.89. The number of aryl methyl sites for hydroxylation is 1. The lowest BCUT2D eigenvalue weighted by Gasteiger charge is -2.18. The van der Waals surface area contributed by atoms with Gasteiger partial charge in [0.05, 0.1) is 5.56 Å². The molecule has 0 spiro atoms. The van der Waals surface area contributed by atoms with Crippen molar-refractivity contribution in [3.8, 4) is 11.4 Å². The Morgan fingerprint density at radius 1 is 1.20 bits per heavy atom. The summed E-state index contributed by atoms with van der Waals surface area (Å²) in [6, 6.07) is 4.84. The maximum Gasteiger partial charge on any atom is 0.416 e. The second kappa shape index (κ2) is 4.59. The summed E-state index contributed by atoms with van der Waals surface area (Å²) < 4.78 is 39.2. The summed E-state index contributed by atoms with van der Waals surface area (Å²) in [7, 11) is 0. The Kier molecular flexibility index (Phi) is 3.01. The average Bonchev–Trinajstić information content (AvgIpc) is 2.83. The molecular weight excluding hydrogens is 269 g/mol. The number of aromatic nitrogens is 3. The molecule has 1 aliphatic heterocycles. The highest BCUT2D eigenvalue weighted by Crippen LogP contribution is 2.31. The van der Waals surface area contributed by atoms with E-state index in [4.69, 9.17) is 5.73 Å². The van der Waals surface area contributed by atoms with Gasteiger partial charge in [0.1, 0.15) is 12.0 Å². The summed E-state index contributed by atoms with van der Waals surface area (Å²) in [6.07, 6.45) is -1.95. The number of hydrogen-bond donors (Lipinski definition) is 1. The zero-order valence-corrected chi connectivity index (χ0v) is 10.6. The van der Waals surface area contributed by atoms with Crippen molar-refractivity contribution in [1.82, 2.24) is 14.8 Å². The molecule has 0 bridgehead atoms. The molecule has 2 N–H and O–H groups in total. The fraction of sp³-hybridized carbons (Fsp3) is 0.385. The van der Waals surface area contributed by atoms with Crippen LogP contribution in [0.25, 0.3) is 11.4 Å².